The van der Waals surface area contributed by atoms with Gasteiger partial charge < -0.3 is 15.6 Å². The lowest BCUT2D eigenvalue weighted by molar-refractivity contribution is -0.114. The standard InChI is InChI=1S/C21H20N4O3/c1-12-7-8-13(2)17(9-12)18-11-19(25-21(28)24-18)20(27)23-16-6-4-5-15(10-16)22-14(3)26/h4-11H,1-3H3,(H,22,26)(H,23,27)(H,24,25,28). The van der Waals surface area contributed by atoms with Crippen molar-refractivity contribution < 1.29 is 9.59 Å². The van der Waals surface area contributed by atoms with E-state index in [1.54, 1.807) is 30.3 Å². The van der Waals surface area contributed by atoms with Crippen LogP contribution in [-0.2, 0) is 4.79 Å². The lowest BCUT2D eigenvalue weighted by atomic mass is 10.0. The number of carbonyl (C=O) groups excluding carboxylic acids is 2. The van der Waals surface area contributed by atoms with Crippen molar-refractivity contribution in [1.29, 1.82) is 0 Å². The summed E-state index contributed by atoms with van der Waals surface area (Å²) in [6, 6.07) is 14.1. The number of amides is 2. The molecule has 3 aromatic rings. The Morgan fingerprint density at radius 1 is 0.964 bits per heavy atom. The number of aryl methyl sites for hydroxylation is 2. The predicted molar refractivity (Wildman–Crippen MR) is 108 cm³/mol. The van der Waals surface area contributed by atoms with Crippen molar-refractivity contribution in [2.75, 3.05) is 10.6 Å². The van der Waals surface area contributed by atoms with Crippen molar-refractivity contribution in [2.24, 2.45) is 0 Å². The van der Waals surface area contributed by atoms with Crippen LogP contribution in [0.1, 0.15) is 28.5 Å². The van der Waals surface area contributed by atoms with Crippen LogP contribution < -0.4 is 16.3 Å². The molecule has 3 rings (SSSR count). The van der Waals surface area contributed by atoms with E-state index in [0.717, 1.165) is 16.7 Å². The molecular weight excluding hydrogens is 356 g/mol. The first-order chi connectivity index (χ1) is 13.3. The zero-order valence-corrected chi connectivity index (χ0v) is 15.8. The number of nitrogens with zero attached hydrogens (tertiary/aromatic N) is 1. The smallest absolute Gasteiger partial charge is 0.326 e. The average molecular weight is 376 g/mol. The Balaban J connectivity index is 1.91. The molecule has 0 saturated carbocycles. The Hall–Kier alpha value is -3.74. The van der Waals surface area contributed by atoms with E-state index in [4.69, 9.17) is 0 Å². The van der Waals surface area contributed by atoms with Crippen molar-refractivity contribution in [3.05, 3.63) is 75.8 Å². The second-order valence-electron chi connectivity index (χ2n) is 6.52. The summed E-state index contributed by atoms with van der Waals surface area (Å²) in [7, 11) is 0. The fourth-order valence-electron chi connectivity index (χ4n) is 2.81. The molecule has 7 nitrogen and oxygen atoms in total. The normalized spacial score (nSPS) is 10.4. The molecule has 0 aliphatic carbocycles. The van der Waals surface area contributed by atoms with Crippen LogP contribution in [0.4, 0.5) is 11.4 Å². The molecule has 28 heavy (non-hydrogen) atoms. The maximum absolute atomic E-state index is 12.6. The van der Waals surface area contributed by atoms with Crippen LogP contribution in [0.2, 0.25) is 0 Å². The van der Waals surface area contributed by atoms with E-state index < -0.39 is 11.6 Å². The van der Waals surface area contributed by atoms with Crippen LogP contribution in [0.15, 0.2) is 53.3 Å². The van der Waals surface area contributed by atoms with Gasteiger partial charge in [0.2, 0.25) is 5.91 Å². The first kappa shape index (κ1) is 19.0. The Kier molecular flexibility index (Phi) is 5.35. The highest BCUT2D eigenvalue weighted by atomic mass is 16.2. The highest BCUT2D eigenvalue weighted by molar-refractivity contribution is 6.03. The maximum Gasteiger partial charge on any atom is 0.346 e. The molecule has 2 amide bonds. The number of hydrogen-bond acceptors (Lipinski definition) is 4. The van der Waals surface area contributed by atoms with Gasteiger partial charge in [-0.25, -0.2) is 4.79 Å². The first-order valence-electron chi connectivity index (χ1n) is 8.70. The third-order valence-electron chi connectivity index (χ3n) is 4.10. The molecule has 0 saturated heterocycles. The molecule has 0 fully saturated rings. The molecule has 0 atom stereocenters. The van der Waals surface area contributed by atoms with Gasteiger partial charge in [0.1, 0.15) is 5.69 Å². The molecule has 0 aliphatic rings. The first-order valence-corrected chi connectivity index (χ1v) is 8.70. The number of carbonyl (C=O) groups is 2. The van der Waals surface area contributed by atoms with E-state index in [9.17, 15) is 14.4 Å². The van der Waals surface area contributed by atoms with Crippen LogP contribution >= 0.6 is 0 Å². The van der Waals surface area contributed by atoms with Crippen LogP contribution in [0.3, 0.4) is 0 Å². The second-order valence-corrected chi connectivity index (χ2v) is 6.52. The van der Waals surface area contributed by atoms with Gasteiger partial charge in [-0.05, 0) is 49.7 Å². The topological polar surface area (TPSA) is 104 Å². The minimum absolute atomic E-state index is 0.0980. The minimum Gasteiger partial charge on any atom is -0.326 e. The lowest BCUT2D eigenvalue weighted by Gasteiger charge is -2.10. The highest BCUT2D eigenvalue weighted by Gasteiger charge is 2.13. The minimum atomic E-state index is -0.601. The molecule has 0 radical (unpaired) electrons. The van der Waals surface area contributed by atoms with Gasteiger partial charge in [0.05, 0.1) is 5.69 Å². The van der Waals surface area contributed by atoms with E-state index in [0.29, 0.717) is 17.1 Å². The van der Waals surface area contributed by atoms with E-state index in [2.05, 4.69) is 20.6 Å². The number of hydrogen-bond donors (Lipinski definition) is 3. The zero-order valence-electron chi connectivity index (χ0n) is 15.8. The van der Waals surface area contributed by atoms with Crippen LogP contribution in [0, 0.1) is 13.8 Å². The van der Waals surface area contributed by atoms with Gasteiger partial charge in [0.25, 0.3) is 5.91 Å². The summed E-state index contributed by atoms with van der Waals surface area (Å²) in [4.78, 5) is 42.3. The maximum atomic E-state index is 12.6. The largest absolute Gasteiger partial charge is 0.346 e. The number of nitrogens with one attached hydrogen (secondary N) is 3. The molecule has 2 aromatic carbocycles. The van der Waals surface area contributed by atoms with Crippen molar-refractivity contribution in [1.82, 2.24) is 9.97 Å². The van der Waals surface area contributed by atoms with Gasteiger partial charge in [-0.2, -0.15) is 4.98 Å². The Morgan fingerprint density at radius 2 is 1.68 bits per heavy atom. The Morgan fingerprint density at radius 3 is 2.39 bits per heavy atom. The Bertz CT molecular complexity index is 1120. The quantitative estimate of drug-likeness (QED) is 0.650. The van der Waals surface area contributed by atoms with Crippen LogP contribution in [-0.4, -0.2) is 21.8 Å². The van der Waals surface area contributed by atoms with Crippen LogP contribution in [0.5, 0.6) is 0 Å². The molecule has 3 N–H and O–H groups in total. The number of rotatable bonds is 4. The SMILES string of the molecule is CC(=O)Nc1cccc(NC(=O)c2cc(-c3cc(C)ccc3C)nc(=O)[nH]2)c1. The van der Waals surface area contributed by atoms with Crippen molar-refractivity contribution in [3.8, 4) is 11.3 Å². The van der Waals surface area contributed by atoms with E-state index in [1.165, 1.54) is 6.92 Å². The summed E-state index contributed by atoms with van der Waals surface area (Å²) in [6.07, 6.45) is 0. The summed E-state index contributed by atoms with van der Waals surface area (Å²) >= 11 is 0. The van der Waals surface area contributed by atoms with Crippen LogP contribution in [0.25, 0.3) is 11.3 Å². The van der Waals surface area contributed by atoms with E-state index in [-0.39, 0.29) is 11.6 Å². The van der Waals surface area contributed by atoms with Gasteiger partial charge in [0.15, 0.2) is 0 Å². The Labute approximate surface area is 161 Å². The lowest BCUT2D eigenvalue weighted by Crippen LogP contribution is -2.21. The molecule has 7 heteroatoms. The fourth-order valence-corrected chi connectivity index (χ4v) is 2.81. The monoisotopic (exact) mass is 376 g/mol. The summed E-state index contributed by atoms with van der Waals surface area (Å²) in [6.45, 7) is 5.28. The van der Waals surface area contributed by atoms with Crippen molar-refractivity contribution in [2.45, 2.75) is 20.8 Å². The van der Waals surface area contributed by atoms with Crippen molar-refractivity contribution >= 4 is 23.2 Å². The number of anilines is 2. The van der Waals surface area contributed by atoms with Gasteiger partial charge in [-0.3, -0.25) is 9.59 Å². The summed E-state index contributed by atoms with van der Waals surface area (Å²) < 4.78 is 0. The number of aromatic amines is 1. The number of H-pyrrole nitrogens is 1. The van der Waals surface area contributed by atoms with Gasteiger partial charge >= 0.3 is 5.69 Å². The van der Waals surface area contributed by atoms with E-state index >= 15 is 0 Å². The van der Waals surface area contributed by atoms with Gasteiger partial charge in [-0.1, -0.05) is 23.8 Å². The molecule has 0 spiro atoms. The summed E-state index contributed by atoms with van der Waals surface area (Å²) in [5.74, 6) is -0.689. The molecule has 1 heterocycles. The molecule has 0 unspecified atom stereocenters. The van der Waals surface area contributed by atoms with Crippen molar-refractivity contribution in [3.63, 3.8) is 0 Å². The van der Waals surface area contributed by atoms with Gasteiger partial charge in [-0.15, -0.1) is 0 Å². The average Bonchev–Trinajstić information content (AvgIpc) is 2.63. The number of benzene rings is 2. The van der Waals surface area contributed by atoms with Gasteiger partial charge in [0, 0.05) is 23.9 Å². The molecular formula is C21H20N4O3. The summed E-state index contributed by atoms with van der Waals surface area (Å²) in [5, 5.41) is 5.37. The number of aromatic nitrogens is 2. The summed E-state index contributed by atoms with van der Waals surface area (Å²) in [5.41, 5.74) is 3.76. The second kappa shape index (κ2) is 7.87. The molecule has 0 aliphatic heterocycles. The third-order valence-corrected chi connectivity index (χ3v) is 4.10. The third kappa shape index (κ3) is 4.50. The fraction of sp³-hybridized carbons (Fsp3) is 0.143. The van der Waals surface area contributed by atoms with E-state index in [1.807, 2.05) is 32.0 Å². The molecule has 142 valence electrons. The highest BCUT2D eigenvalue weighted by Crippen LogP contribution is 2.22. The zero-order chi connectivity index (χ0) is 20.3. The molecule has 0 bridgehead atoms. The molecule has 1 aromatic heterocycles. The predicted octanol–water partition coefficient (Wildman–Crippen LogP) is 3.26.